The fourth-order valence-corrected chi connectivity index (χ4v) is 2.53. The maximum atomic E-state index is 6.10. The zero-order chi connectivity index (χ0) is 12.7. The van der Waals surface area contributed by atoms with Gasteiger partial charge < -0.3 is 0 Å². The van der Waals surface area contributed by atoms with E-state index in [2.05, 4.69) is 0 Å². The first-order valence-corrected chi connectivity index (χ1v) is 6.65. The fraction of sp³-hybridized carbons (Fsp3) is 0.167. The Morgan fingerprint density at radius 2 is 1.47 bits per heavy atom. The normalized spacial score (nSPS) is 21.7. The van der Waals surface area contributed by atoms with Crippen molar-refractivity contribution in [3.05, 3.63) is 53.1 Å². The van der Waals surface area contributed by atoms with Crippen molar-refractivity contribution < 1.29 is 0 Å². The number of rotatable bonds is 1. The standard InChI is InChI=1S/C12H7Cl5/c13-10-6-9(8-4-2-1-3-5-8)7-11(14,15)12(10,16)17/h1-7H. The smallest absolute Gasteiger partial charge is 0.0931 e. The van der Waals surface area contributed by atoms with E-state index in [4.69, 9.17) is 58.0 Å². The molecule has 1 aromatic carbocycles. The molecule has 0 bridgehead atoms. The van der Waals surface area contributed by atoms with Crippen LogP contribution in [0.25, 0.3) is 5.57 Å². The first-order valence-electron chi connectivity index (χ1n) is 4.76. The molecule has 0 amide bonds. The summed E-state index contributed by atoms with van der Waals surface area (Å²) in [7, 11) is 0. The van der Waals surface area contributed by atoms with Crippen LogP contribution >= 0.6 is 58.0 Å². The first-order chi connectivity index (χ1) is 7.84. The molecule has 90 valence electrons. The Hall–Kier alpha value is 0.150. The lowest BCUT2D eigenvalue weighted by Crippen LogP contribution is -2.37. The van der Waals surface area contributed by atoms with Crippen molar-refractivity contribution in [1.29, 1.82) is 0 Å². The Bertz CT molecular complexity index is 485. The predicted molar refractivity (Wildman–Crippen MR) is 77.2 cm³/mol. The lowest BCUT2D eigenvalue weighted by atomic mass is 9.98. The fourth-order valence-electron chi connectivity index (χ4n) is 1.51. The quantitative estimate of drug-likeness (QED) is 0.593. The molecular weight excluding hydrogens is 321 g/mol. The van der Waals surface area contributed by atoms with Crippen molar-refractivity contribution in [2.45, 2.75) is 8.67 Å². The molecule has 0 fully saturated rings. The zero-order valence-electron chi connectivity index (χ0n) is 8.43. The van der Waals surface area contributed by atoms with E-state index < -0.39 is 8.67 Å². The Morgan fingerprint density at radius 1 is 0.882 bits per heavy atom. The summed E-state index contributed by atoms with van der Waals surface area (Å²) in [6, 6.07) is 9.58. The van der Waals surface area contributed by atoms with Gasteiger partial charge in [-0.1, -0.05) is 88.3 Å². The van der Waals surface area contributed by atoms with E-state index in [1.807, 2.05) is 30.3 Å². The maximum Gasteiger partial charge on any atom is 0.189 e. The molecule has 0 saturated heterocycles. The first kappa shape index (κ1) is 13.6. The largest absolute Gasteiger partial charge is 0.189 e. The third-order valence-corrected chi connectivity index (χ3v) is 5.21. The average Bonchev–Trinajstić information content (AvgIpc) is 2.27. The molecule has 0 saturated carbocycles. The highest BCUT2D eigenvalue weighted by molar-refractivity contribution is 6.68. The minimum atomic E-state index is -1.53. The second kappa shape index (κ2) is 4.68. The van der Waals surface area contributed by atoms with E-state index in [-0.39, 0.29) is 5.03 Å². The highest BCUT2D eigenvalue weighted by Crippen LogP contribution is 2.53. The third-order valence-electron chi connectivity index (χ3n) is 2.44. The van der Waals surface area contributed by atoms with Gasteiger partial charge in [0.1, 0.15) is 0 Å². The van der Waals surface area contributed by atoms with Crippen LogP contribution in [0.2, 0.25) is 0 Å². The average molecular weight is 328 g/mol. The molecule has 0 aliphatic heterocycles. The van der Waals surface area contributed by atoms with E-state index in [1.54, 1.807) is 12.2 Å². The van der Waals surface area contributed by atoms with Gasteiger partial charge >= 0.3 is 0 Å². The van der Waals surface area contributed by atoms with E-state index in [9.17, 15) is 0 Å². The van der Waals surface area contributed by atoms with Crippen LogP contribution in [0.15, 0.2) is 47.5 Å². The van der Waals surface area contributed by atoms with Crippen LogP contribution in [0.5, 0.6) is 0 Å². The molecule has 1 aromatic rings. The summed E-state index contributed by atoms with van der Waals surface area (Å²) in [6.45, 7) is 0. The minimum absolute atomic E-state index is 0.201. The van der Waals surface area contributed by atoms with Crippen LogP contribution in [-0.4, -0.2) is 8.67 Å². The van der Waals surface area contributed by atoms with Crippen LogP contribution in [0.3, 0.4) is 0 Å². The van der Waals surface area contributed by atoms with Crippen molar-refractivity contribution in [3.63, 3.8) is 0 Å². The van der Waals surface area contributed by atoms with Gasteiger partial charge in [-0.05, 0) is 23.3 Å². The van der Waals surface area contributed by atoms with Gasteiger partial charge in [0.15, 0.2) is 8.67 Å². The molecule has 0 spiro atoms. The molecular formula is C12H7Cl5. The highest BCUT2D eigenvalue weighted by Gasteiger charge is 2.50. The van der Waals surface area contributed by atoms with Gasteiger partial charge in [-0.3, -0.25) is 0 Å². The van der Waals surface area contributed by atoms with Crippen molar-refractivity contribution in [2.75, 3.05) is 0 Å². The van der Waals surface area contributed by atoms with E-state index >= 15 is 0 Å². The van der Waals surface area contributed by atoms with E-state index in [0.29, 0.717) is 0 Å². The molecule has 5 heteroatoms. The number of alkyl halides is 4. The molecule has 0 heterocycles. The summed E-state index contributed by atoms with van der Waals surface area (Å²) in [4.78, 5) is 0. The van der Waals surface area contributed by atoms with Crippen LogP contribution in [0.1, 0.15) is 5.56 Å². The summed E-state index contributed by atoms with van der Waals surface area (Å²) >= 11 is 30.3. The molecule has 1 aliphatic rings. The number of halogens is 5. The molecule has 1 aliphatic carbocycles. The lowest BCUT2D eigenvalue weighted by molar-refractivity contribution is 0.884. The van der Waals surface area contributed by atoms with Crippen LogP contribution in [0, 0.1) is 0 Å². The summed E-state index contributed by atoms with van der Waals surface area (Å²) in [5.41, 5.74) is 1.73. The summed E-state index contributed by atoms with van der Waals surface area (Å²) < 4.78 is -3.00. The number of benzene rings is 1. The number of allylic oxidation sites excluding steroid dienone is 4. The van der Waals surface area contributed by atoms with Gasteiger partial charge in [0.25, 0.3) is 0 Å². The van der Waals surface area contributed by atoms with Gasteiger partial charge in [-0.15, -0.1) is 0 Å². The summed E-state index contributed by atoms with van der Waals surface area (Å²) in [5, 5.41) is 0.201. The second-order valence-electron chi connectivity index (χ2n) is 3.66. The molecule has 2 rings (SSSR count). The Kier molecular flexibility index (Phi) is 3.74. The lowest BCUT2D eigenvalue weighted by Gasteiger charge is -2.33. The maximum absolute atomic E-state index is 6.10. The summed E-state index contributed by atoms with van der Waals surface area (Å²) in [5.74, 6) is 0. The van der Waals surface area contributed by atoms with Crippen LogP contribution < -0.4 is 0 Å². The Labute approximate surface area is 125 Å². The van der Waals surface area contributed by atoms with E-state index in [1.165, 1.54) is 0 Å². The predicted octanol–water partition coefficient (Wildman–Crippen LogP) is 5.55. The zero-order valence-corrected chi connectivity index (χ0v) is 12.2. The van der Waals surface area contributed by atoms with Gasteiger partial charge in [0.2, 0.25) is 0 Å². The van der Waals surface area contributed by atoms with Gasteiger partial charge in [-0.2, -0.15) is 0 Å². The third kappa shape index (κ3) is 2.47. The number of hydrogen-bond acceptors (Lipinski definition) is 0. The minimum Gasteiger partial charge on any atom is -0.0931 e. The highest BCUT2D eigenvalue weighted by atomic mass is 35.5. The van der Waals surface area contributed by atoms with Crippen LogP contribution in [-0.2, 0) is 0 Å². The molecule has 0 unspecified atom stereocenters. The molecule has 0 nitrogen and oxygen atoms in total. The van der Waals surface area contributed by atoms with E-state index in [0.717, 1.165) is 11.1 Å². The molecule has 0 atom stereocenters. The van der Waals surface area contributed by atoms with Crippen molar-refractivity contribution in [2.24, 2.45) is 0 Å². The molecule has 17 heavy (non-hydrogen) atoms. The second-order valence-corrected chi connectivity index (χ2v) is 6.78. The Balaban J connectivity index is 2.50. The molecule has 0 N–H and O–H groups in total. The molecule has 0 aromatic heterocycles. The Morgan fingerprint density at radius 3 is 2.00 bits per heavy atom. The topological polar surface area (TPSA) is 0 Å². The van der Waals surface area contributed by atoms with Gasteiger partial charge in [0.05, 0.1) is 5.03 Å². The van der Waals surface area contributed by atoms with Crippen molar-refractivity contribution in [1.82, 2.24) is 0 Å². The van der Waals surface area contributed by atoms with Crippen molar-refractivity contribution >= 4 is 63.6 Å². The molecule has 0 radical (unpaired) electrons. The monoisotopic (exact) mass is 326 g/mol. The number of hydrogen-bond donors (Lipinski definition) is 0. The SMILES string of the molecule is ClC1=CC(c2ccccc2)=CC(Cl)(Cl)C1(Cl)Cl. The van der Waals surface area contributed by atoms with Crippen molar-refractivity contribution in [3.8, 4) is 0 Å². The van der Waals surface area contributed by atoms with Crippen LogP contribution in [0.4, 0.5) is 0 Å². The van der Waals surface area contributed by atoms with Gasteiger partial charge in [-0.25, -0.2) is 0 Å². The van der Waals surface area contributed by atoms with Gasteiger partial charge in [0, 0.05) is 0 Å². The summed E-state index contributed by atoms with van der Waals surface area (Å²) in [6.07, 6.45) is 3.26.